The first kappa shape index (κ1) is 15.9. The largest absolute Gasteiger partial charge is 0.307 e. The topological polar surface area (TPSA) is 34.6 Å². The van der Waals surface area contributed by atoms with E-state index in [1.165, 1.54) is 11.1 Å². The molecule has 0 atom stereocenters. The first-order valence-corrected chi connectivity index (χ1v) is 8.83. The van der Waals surface area contributed by atoms with Gasteiger partial charge in [-0.2, -0.15) is 0 Å². The van der Waals surface area contributed by atoms with E-state index < -0.39 is 0 Å². The molecule has 4 heterocycles. The smallest absolute Gasteiger partial charge is 0.137 e. The van der Waals surface area contributed by atoms with Crippen LogP contribution in [0.2, 0.25) is 0 Å². The molecule has 0 aliphatic rings. The van der Waals surface area contributed by atoms with Crippen LogP contribution in [-0.4, -0.2) is 18.8 Å². The summed E-state index contributed by atoms with van der Waals surface area (Å²) in [4.78, 5) is 9.19. The molecule has 25 heavy (non-hydrogen) atoms. The van der Waals surface area contributed by atoms with Crippen molar-refractivity contribution >= 4 is 11.3 Å². The standard InChI is InChI=1S/C21H24N4/c1-15(2)16-7-9-24-14-18(23-20(24)11-16)12-21(3,4)17-5-6-19-22-8-10-25(19)13-17/h5-11,13-15H,12H2,1-4H3. The number of hydrogen-bond donors (Lipinski definition) is 0. The fourth-order valence-corrected chi connectivity index (χ4v) is 3.37. The maximum atomic E-state index is 4.86. The summed E-state index contributed by atoms with van der Waals surface area (Å²) in [6, 6.07) is 8.63. The monoisotopic (exact) mass is 332 g/mol. The molecule has 0 radical (unpaired) electrons. The van der Waals surface area contributed by atoms with Crippen molar-refractivity contribution in [1.29, 1.82) is 0 Å². The Morgan fingerprint density at radius 2 is 1.80 bits per heavy atom. The van der Waals surface area contributed by atoms with Crippen LogP contribution in [0.5, 0.6) is 0 Å². The maximum absolute atomic E-state index is 4.86. The number of pyridine rings is 2. The van der Waals surface area contributed by atoms with Crippen molar-refractivity contribution in [3.05, 3.63) is 72.1 Å². The molecule has 0 bridgehead atoms. The Morgan fingerprint density at radius 1 is 1.00 bits per heavy atom. The molecule has 0 amide bonds. The lowest BCUT2D eigenvalue weighted by atomic mass is 9.81. The summed E-state index contributed by atoms with van der Waals surface area (Å²) < 4.78 is 4.20. The normalized spacial score (nSPS) is 12.5. The van der Waals surface area contributed by atoms with Gasteiger partial charge in [0.15, 0.2) is 0 Å². The van der Waals surface area contributed by atoms with Crippen LogP contribution in [0.25, 0.3) is 11.3 Å². The Bertz CT molecular complexity index is 1040. The number of nitrogens with zero attached hydrogens (tertiary/aromatic N) is 4. The van der Waals surface area contributed by atoms with Crippen LogP contribution in [0.3, 0.4) is 0 Å². The molecule has 0 aromatic carbocycles. The minimum atomic E-state index is -0.00270. The van der Waals surface area contributed by atoms with Crippen LogP contribution in [0.1, 0.15) is 50.4 Å². The highest BCUT2D eigenvalue weighted by molar-refractivity contribution is 5.45. The molecule has 0 spiro atoms. The number of fused-ring (bicyclic) bond motifs is 2. The van der Waals surface area contributed by atoms with Gasteiger partial charge < -0.3 is 8.80 Å². The third kappa shape index (κ3) is 2.93. The second-order valence-electron chi connectivity index (χ2n) is 7.78. The SMILES string of the molecule is CC(C)c1ccn2cc(CC(C)(C)c3ccc4nccn4c3)nc2c1. The Hall–Kier alpha value is -2.62. The zero-order chi connectivity index (χ0) is 17.6. The molecule has 4 aromatic heterocycles. The minimum Gasteiger partial charge on any atom is -0.307 e. The summed E-state index contributed by atoms with van der Waals surface area (Å²) in [5.74, 6) is 0.517. The Labute approximate surface area is 148 Å². The van der Waals surface area contributed by atoms with E-state index in [0.717, 1.165) is 23.4 Å². The van der Waals surface area contributed by atoms with Gasteiger partial charge in [0.1, 0.15) is 11.3 Å². The summed E-state index contributed by atoms with van der Waals surface area (Å²) in [5.41, 5.74) is 5.75. The van der Waals surface area contributed by atoms with Gasteiger partial charge in [0.05, 0.1) is 5.69 Å². The fourth-order valence-electron chi connectivity index (χ4n) is 3.37. The molecule has 0 aliphatic carbocycles. The molecular weight excluding hydrogens is 308 g/mol. The van der Waals surface area contributed by atoms with Crippen molar-refractivity contribution in [3.8, 4) is 0 Å². The van der Waals surface area contributed by atoms with Gasteiger partial charge in [-0.25, -0.2) is 9.97 Å². The lowest BCUT2D eigenvalue weighted by molar-refractivity contribution is 0.514. The van der Waals surface area contributed by atoms with Crippen LogP contribution in [0.15, 0.2) is 55.2 Å². The van der Waals surface area contributed by atoms with Gasteiger partial charge in [0.2, 0.25) is 0 Å². The van der Waals surface area contributed by atoms with Crippen molar-refractivity contribution in [2.45, 2.75) is 45.4 Å². The van der Waals surface area contributed by atoms with E-state index in [9.17, 15) is 0 Å². The summed E-state index contributed by atoms with van der Waals surface area (Å²) in [6.07, 6.45) is 11.2. The van der Waals surface area contributed by atoms with Crippen LogP contribution >= 0.6 is 0 Å². The van der Waals surface area contributed by atoms with Crippen molar-refractivity contribution in [2.75, 3.05) is 0 Å². The molecule has 4 aromatic rings. The third-order valence-electron chi connectivity index (χ3n) is 4.99. The highest BCUT2D eigenvalue weighted by Gasteiger charge is 2.23. The van der Waals surface area contributed by atoms with Crippen molar-refractivity contribution in [3.63, 3.8) is 0 Å². The van der Waals surface area contributed by atoms with Crippen molar-refractivity contribution in [1.82, 2.24) is 18.8 Å². The number of aromatic nitrogens is 4. The van der Waals surface area contributed by atoms with E-state index in [1.807, 2.05) is 12.4 Å². The van der Waals surface area contributed by atoms with E-state index >= 15 is 0 Å². The first-order valence-electron chi connectivity index (χ1n) is 8.83. The third-order valence-corrected chi connectivity index (χ3v) is 4.99. The summed E-state index contributed by atoms with van der Waals surface area (Å²) in [5, 5.41) is 0. The van der Waals surface area contributed by atoms with E-state index in [1.54, 1.807) is 0 Å². The molecule has 4 heteroatoms. The first-order chi connectivity index (χ1) is 11.9. The highest BCUT2D eigenvalue weighted by atomic mass is 15.0. The molecule has 0 N–H and O–H groups in total. The molecule has 128 valence electrons. The molecular formula is C21H24N4. The molecule has 4 rings (SSSR count). The van der Waals surface area contributed by atoms with Crippen molar-refractivity contribution < 1.29 is 0 Å². The summed E-state index contributed by atoms with van der Waals surface area (Å²) in [7, 11) is 0. The molecule has 0 unspecified atom stereocenters. The summed E-state index contributed by atoms with van der Waals surface area (Å²) in [6.45, 7) is 8.97. The second kappa shape index (κ2) is 5.73. The zero-order valence-corrected chi connectivity index (χ0v) is 15.3. The lowest BCUT2D eigenvalue weighted by Crippen LogP contribution is -2.21. The Morgan fingerprint density at radius 3 is 2.60 bits per heavy atom. The lowest BCUT2D eigenvalue weighted by Gasteiger charge is -2.24. The van der Waals surface area contributed by atoms with Crippen LogP contribution in [0.4, 0.5) is 0 Å². The predicted octanol–water partition coefficient (Wildman–Crippen LogP) is 4.63. The van der Waals surface area contributed by atoms with E-state index in [2.05, 4.69) is 84.3 Å². The number of imidazole rings is 2. The van der Waals surface area contributed by atoms with Gasteiger partial charge >= 0.3 is 0 Å². The second-order valence-corrected chi connectivity index (χ2v) is 7.78. The van der Waals surface area contributed by atoms with Crippen molar-refractivity contribution in [2.24, 2.45) is 0 Å². The van der Waals surface area contributed by atoms with Gasteiger partial charge in [-0.05, 0) is 40.7 Å². The number of rotatable bonds is 4. The predicted molar refractivity (Wildman–Crippen MR) is 101 cm³/mol. The van der Waals surface area contributed by atoms with Gasteiger partial charge in [0.25, 0.3) is 0 Å². The molecule has 0 fully saturated rings. The van der Waals surface area contributed by atoms with Crippen LogP contribution in [0, 0.1) is 0 Å². The summed E-state index contributed by atoms with van der Waals surface area (Å²) >= 11 is 0. The number of hydrogen-bond acceptors (Lipinski definition) is 2. The molecule has 4 nitrogen and oxygen atoms in total. The molecule has 0 saturated carbocycles. The fraction of sp³-hybridized carbons (Fsp3) is 0.333. The maximum Gasteiger partial charge on any atom is 0.137 e. The van der Waals surface area contributed by atoms with E-state index in [-0.39, 0.29) is 5.41 Å². The van der Waals surface area contributed by atoms with Gasteiger partial charge in [-0.1, -0.05) is 33.8 Å². The highest BCUT2D eigenvalue weighted by Crippen LogP contribution is 2.28. The zero-order valence-electron chi connectivity index (χ0n) is 15.3. The molecule has 0 saturated heterocycles. The van der Waals surface area contributed by atoms with Gasteiger partial charge in [0, 0.05) is 37.4 Å². The Balaban J connectivity index is 1.66. The van der Waals surface area contributed by atoms with Crippen LogP contribution < -0.4 is 0 Å². The minimum absolute atomic E-state index is 0.00270. The van der Waals surface area contributed by atoms with E-state index in [4.69, 9.17) is 4.98 Å². The van der Waals surface area contributed by atoms with Gasteiger partial charge in [-0.15, -0.1) is 0 Å². The Kier molecular flexibility index (Phi) is 3.64. The van der Waals surface area contributed by atoms with E-state index in [0.29, 0.717) is 5.92 Å². The van der Waals surface area contributed by atoms with Crippen LogP contribution in [-0.2, 0) is 11.8 Å². The average Bonchev–Trinajstić information content (AvgIpc) is 3.18. The van der Waals surface area contributed by atoms with Gasteiger partial charge in [-0.3, -0.25) is 0 Å². The average molecular weight is 332 g/mol. The molecule has 0 aliphatic heterocycles. The quantitative estimate of drug-likeness (QED) is 0.546.